The molecule has 0 spiro atoms. The van der Waals surface area contributed by atoms with E-state index in [1.807, 2.05) is 0 Å². The number of halogens is 1. The van der Waals surface area contributed by atoms with Gasteiger partial charge in [-0.15, -0.1) is 0 Å². The lowest BCUT2D eigenvalue weighted by Gasteiger charge is -2.19. The highest BCUT2D eigenvalue weighted by molar-refractivity contribution is 5.76. The molecule has 0 saturated heterocycles. The van der Waals surface area contributed by atoms with Gasteiger partial charge in [-0.25, -0.2) is 4.39 Å². The Labute approximate surface area is 99.2 Å². The number of esters is 1. The standard InChI is InChI=1S/C12H16FNO3/c1-3-17-12(16)10(14)11(15)9-6-8(13)5-4-7(9)2/h4-6,10-11,15H,3,14H2,1-2H3. The molecular formula is C12H16FNO3. The summed E-state index contributed by atoms with van der Waals surface area (Å²) in [6.07, 6.45) is -1.27. The highest BCUT2D eigenvalue weighted by Gasteiger charge is 2.26. The summed E-state index contributed by atoms with van der Waals surface area (Å²) in [4.78, 5) is 11.4. The van der Waals surface area contributed by atoms with Crippen molar-refractivity contribution in [2.75, 3.05) is 6.61 Å². The van der Waals surface area contributed by atoms with Crippen LogP contribution in [0.15, 0.2) is 18.2 Å². The summed E-state index contributed by atoms with van der Waals surface area (Å²) >= 11 is 0. The van der Waals surface area contributed by atoms with Crippen LogP contribution < -0.4 is 5.73 Å². The molecule has 0 aromatic heterocycles. The second kappa shape index (κ2) is 5.75. The minimum atomic E-state index is -1.27. The molecule has 2 atom stereocenters. The first-order valence-electron chi connectivity index (χ1n) is 5.33. The summed E-state index contributed by atoms with van der Waals surface area (Å²) in [5.74, 6) is -1.19. The molecule has 4 nitrogen and oxygen atoms in total. The highest BCUT2D eigenvalue weighted by Crippen LogP contribution is 2.21. The third-order valence-corrected chi connectivity index (χ3v) is 2.46. The van der Waals surface area contributed by atoms with E-state index in [-0.39, 0.29) is 6.61 Å². The van der Waals surface area contributed by atoms with E-state index >= 15 is 0 Å². The fraction of sp³-hybridized carbons (Fsp3) is 0.417. The van der Waals surface area contributed by atoms with Crippen molar-refractivity contribution in [3.63, 3.8) is 0 Å². The number of hydrogen-bond donors (Lipinski definition) is 2. The summed E-state index contributed by atoms with van der Waals surface area (Å²) in [6.45, 7) is 3.53. The molecule has 2 unspecified atom stereocenters. The lowest BCUT2D eigenvalue weighted by molar-refractivity contribution is -0.147. The normalized spacial score (nSPS) is 14.2. The van der Waals surface area contributed by atoms with Crippen LogP contribution in [0, 0.1) is 12.7 Å². The third kappa shape index (κ3) is 3.25. The Morgan fingerprint density at radius 3 is 2.82 bits per heavy atom. The topological polar surface area (TPSA) is 72.5 Å². The number of ether oxygens (including phenoxy) is 1. The lowest BCUT2D eigenvalue weighted by atomic mass is 9.98. The van der Waals surface area contributed by atoms with Gasteiger partial charge in [-0.3, -0.25) is 4.79 Å². The number of benzene rings is 1. The second-order valence-electron chi connectivity index (χ2n) is 3.72. The largest absolute Gasteiger partial charge is 0.465 e. The number of rotatable bonds is 4. The zero-order chi connectivity index (χ0) is 13.0. The van der Waals surface area contributed by atoms with Crippen LogP contribution in [0.3, 0.4) is 0 Å². The van der Waals surface area contributed by atoms with Gasteiger partial charge in [0.2, 0.25) is 0 Å². The number of carbonyl (C=O) groups is 1. The van der Waals surface area contributed by atoms with E-state index in [2.05, 4.69) is 0 Å². The Hall–Kier alpha value is -1.46. The van der Waals surface area contributed by atoms with E-state index in [0.717, 1.165) is 0 Å². The number of aliphatic hydroxyl groups excluding tert-OH is 1. The zero-order valence-electron chi connectivity index (χ0n) is 9.81. The smallest absolute Gasteiger partial charge is 0.325 e. The van der Waals surface area contributed by atoms with Gasteiger partial charge in [0.1, 0.15) is 18.0 Å². The Morgan fingerprint density at radius 1 is 1.59 bits per heavy atom. The van der Waals surface area contributed by atoms with Crippen molar-refractivity contribution < 1.29 is 19.0 Å². The van der Waals surface area contributed by atoms with Gasteiger partial charge in [0, 0.05) is 0 Å². The fourth-order valence-electron chi connectivity index (χ4n) is 1.49. The Kier molecular flexibility index (Phi) is 4.60. The molecule has 0 bridgehead atoms. The predicted molar refractivity (Wildman–Crippen MR) is 60.7 cm³/mol. The van der Waals surface area contributed by atoms with Gasteiger partial charge in [0.25, 0.3) is 0 Å². The average Bonchev–Trinajstić information content (AvgIpc) is 2.30. The molecule has 17 heavy (non-hydrogen) atoms. The van der Waals surface area contributed by atoms with Gasteiger partial charge in [0.15, 0.2) is 0 Å². The van der Waals surface area contributed by atoms with Crippen LogP contribution in [0.25, 0.3) is 0 Å². The van der Waals surface area contributed by atoms with E-state index in [1.165, 1.54) is 18.2 Å². The number of nitrogens with two attached hydrogens (primary N) is 1. The van der Waals surface area contributed by atoms with Crippen LogP contribution in [0.4, 0.5) is 4.39 Å². The van der Waals surface area contributed by atoms with E-state index in [0.29, 0.717) is 11.1 Å². The number of aliphatic hydroxyl groups is 1. The number of aryl methyl sites for hydroxylation is 1. The van der Waals surface area contributed by atoms with Crippen LogP contribution in [-0.4, -0.2) is 23.7 Å². The molecule has 3 N–H and O–H groups in total. The summed E-state index contributed by atoms with van der Waals surface area (Å²) in [6, 6.07) is 2.75. The van der Waals surface area contributed by atoms with Gasteiger partial charge in [-0.1, -0.05) is 6.07 Å². The Bertz CT molecular complexity index is 409. The average molecular weight is 241 g/mol. The Morgan fingerprint density at radius 2 is 2.24 bits per heavy atom. The summed E-state index contributed by atoms with van der Waals surface area (Å²) in [5, 5.41) is 9.90. The molecule has 0 aliphatic carbocycles. The van der Waals surface area contributed by atoms with Crippen LogP contribution >= 0.6 is 0 Å². The Balaban J connectivity index is 2.91. The maximum Gasteiger partial charge on any atom is 0.325 e. The van der Waals surface area contributed by atoms with Gasteiger partial charge in [0.05, 0.1) is 6.61 Å². The molecule has 1 rings (SSSR count). The van der Waals surface area contributed by atoms with Gasteiger partial charge in [-0.2, -0.15) is 0 Å². The molecule has 0 heterocycles. The molecule has 0 radical (unpaired) electrons. The molecule has 1 aromatic rings. The first-order chi connectivity index (χ1) is 7.97. The SMILES string of the molecule is CCOC(=O)C(N)C(O)c1cc(F)ccc1C. The van der Waals surface area contributed by atoms with Gasteiger partial charge < -0.3 is 15.6 Å². The maximum absolute atomic E-state index is 13.1. The second-order valence-corrected chi connectivity index (χ2v) is 3.72. The van der Waals surface area contributed by atoms with E-state index in [4.69, 9.17) is 10.5 Å². The van der Waals surface area contributed by atoms with Crippen LogP contribution in [0.2, 0.25) is 0 Å². The number of hydrogen-bond acceptors (Lipinski definition) is 4. The predicted octanol–water partition coefficient (Wildman–Crippen LogP) is 1.06. The van der Waals surface area contributed by atoms with Gasteiger partial charge >= 0.3 is 5.97 Å². The van der Waals surface area contributed by atoms with Crippen molar-refractivity contribution in [3.05, 3.63) is 35.1 Å². The maximum atomic E-state index is 13.1. The van der Waals surface area contributed by atoms with Crippen molar-refractivity contribution in [1.29, 1.82) is 0 Å². The third-order valence-electron chi connectivity index (χ3n) is 2.46. The van der Waals surface area contributed by atoms with Gasteiger partial charge in [-0.05, 0) is 37.1 Å². The van der Waals surface area contributed by atoms with E-state index in [9.17, 15) is 14.3 Å². The van der Waals surface area contributed by atoms with Crippen molar-refractivity contribution in [3.8, 4) is 0 Å². The monoisotopic (exact) mass is 241 g/mol. The molecule has 5 heteroatoms. The summed E-state index contributed by atoms with van der Waals surface area (Å²) in [5.41, 5.74) is 6.51. The molecule has 0 aliphatic rings. The zero-order valence-corrected chi connectivity index (χ0v) is 9.81. The summed E-state index contributed by atoms with van der Waals surface area (Å²) < 4.78 is 17.8. The van der Waals surface area contributed by atoms with Crippen LogP contribution in [0.5, 0.6) is 0 Å². The number of carbonyl (C=O) groups excluding carboxylic acids is 1. The molecule has 1 aromatic carbocycles. The van der Waals surface area contributed by atoms with Crippen molar-refractivity contribution in [1.82, 2.24) is 0 Å². The van der Waals surface area contributed by atoms with Crippen LogP contribution in [-0.2, 0) is 9.53 Å². The minimum Gasteiger partial charge on any atom is -0.465 e. The van der Waals surface area contributed by atoms with Crippen molar-refractivity contribution in [2.24, 2.45) is 5.73 Å². The quantitative estimate of drug-likeness (QED) is 0.773. The van der Waals surface area contributed by atoms with Crippen molar-refractivity contribution in [2.45, 2.75) is 26.0 Å². The fourth-order valence-corrected chi connectivity index (χ4v) is 1.49. The van der Waals surface area contributed by atoms with Crippen LogP contribution in [0.1, 0.15) is 24.2 Å². The van der Waals surface area contributed by atoms with E-state index in [1.54, 1.807) is 13.8 Å². The lowest BCUT2D eigenvalue weighted by Crippen LogP contribution is -2.38. The first-order valence-corrected chi connectivity index (χ1v) is 5.33. The van der Waals surface area contributed by atoms with Crippen molar-refractivity contribution >= 4 is 5.97 Å². The molecule has 0 aliphatic heterocycles. The minimum absolute atomic E-state index is 0.182. The molecule has 94 valence electrons. The van der Waals surface area contributed by atoms with E-state index < -0.39 is 23.9 Å². The first kappa shape index (κ1) is 13.6. The highest BCUT2D eigenvalue weighted by atomic mass is 19.1. The summed E-state index contributed by atoms with van der Waals surface area (Å²) in [7, 11) is 0. The molecule has 0 fully saturated rings. The molecule has 0 saturated carbocycles. The molecular weight excluding hydrogens is 225 g/mol. The molecule has 0 amide bonds.